The second-order valence-electron chi connectivity index (χ2n) is 4.49. The average molecular weight is 295 g/mol. The Kier molecular flexibility index (Phi) is 5.20. The van der Waals surface area contributed by atoms with E-state index in [0.717, 1.165) is 23.4 Å². The molecule has 1 N–H and O–H groups in total. The predicted octanol–water partition coefficient (Wildman–Crippen LogP) is 3.82. The molecule has 2 nitrogen and oxygen atoms in total. The van der Waals surface area contributed by atoms with Gasteiger partial charge in [0.25, 0.3) is 0 Å². The van der Waals surface area contributed by atoms with Crippen molar-refractivity contribution in [3.05, 3.63) is 40.1 Å². The van der Waals surface area contributed by atoms with Crippen molar-refractivity contribution in [3.63, 3.8) is 0 Å². The van der Waals surface area contributed by atoms with Gasteiger partial charge in [0.15, 0.2) is 0 Å². The third-order valence-corrected chi connectivity index (χ3v) is 3.53. The first-order valence-electron chi connectivity index (χ1n) is 6.34. The molecule has 3 heteroatoms. The molecule has 0 bridgehead atoms. The van der Waals surface area contributed by atoms with Crippen molar-refractivity contribution in [2.45, 2.75) is 38.6 Å². The van der Waals surface area contributed by atoms with E-state index in [-0.39, 0.29) is 0 Å². The number of nitrogens with zero attached hydrogens (tertiary/aromatic N) is 1. The molecular formula is C14H19BrN2. The van der Waals surface area contributed by atoms with Gasteiger partial charge in [-0.15, -0.1) is 0 Å². The van der Waals surface area contributed by atoms with Crippen molar-refractivity contribution in [1.82, 2.24) is 10.3 Å². The molecular weight excluding hydrogens is 276 g/mol. The Morgan fingerprint density at radius 3 is 3.00 bits per heavy atom. The quantitative estimate of drug-likeness (QED) is 0.507. The van der Waals surface area contributed by atoms with Gasteiger partial charge >= 0.3 is 0 Å². The topological polar surface area (TPSA) is 24.9 Å². The minimum absolute atomic E-state index is 0.854. The first-order chi connectivity index (χ1) is 8.34. The van der Waals surface area contributed by atoms with Crippen LogP contribution in [-0.2, 0) is 6.54 Å². The molecule has 2 rings (SSSR count). The Morgan fingerprint density at radius 1 is 1.29 bits per heavy atom. The smallest absolute Gasteiger partial charge is 0.106 e. The van der Waals surface area contributed by atoms with Gasteiger partial charge in [-0.2, -0.15) is 0 Å². The Balaban J connectivity index is 1.67. The van der Waals surface area contributed by atoms with Gasteiger partial charge in [-0.05, 0) is 66.7 Å². The van der Waals surface area contributed by atoms with E-state index in [1.54, 1.807) is 5.57 Å². The van der Waals surface area contributed by atoms with Crippen LogP contribution in [0.1, 0.15) is 37.8 Å². The number of pyridine rings is 1. The maximum Gasteiger partial charge on any atom is 0.106 e. The molecule has 92 valence electrons. The van der Waals surface area contributed by atoms with Crippen LogP contribution in [0.2, 0.25) is 0 Å². The van der Waals surface area contributed by atoms with E-state index in [0.29, 0.717) is 0 Å². The summed E-state index contributed by atoms with van der Waals surface area (Å²) in [6.07, 6.45) is 8.94. The predicted molar refractivity (Wildman–Crippen MR) is 74.8 cm³/mol. The lowest BCUT2D eigenvalue weighted by molar-refractivity contribution is 0.627. The fourth-order valence-electron chi connectivity index (χ4n) is 2.15. The molecule has 0 spiro atoms. The van der Waals surface area contributed by atoms with Crippen molar-refractivity contribution in [3.8, 4) is 0 Å². The molecule has 0 aromatic carbocycles. The summed E-state index contributed by atoms with van der Waals surface area (Å²) in [5.41, 5.74) is 2.72. The fraction of sp³-hybridized carbons (Fsp3) is 0.500. The third kappa shape index (κ3) is 4.60. The zero-order valence-corrected chi connectivity index (χ0v) is 11.7. The summed E-state index contributed by atoms with van der Waals surface area (Å²) < 4.78 is 0.909. The Labute approximate surface area is 112 Å². The number of hydrogen-bond donors (Lipinski definition) is 1. The summed E-state index contributed by atoms with van der Waals surface area (Å²) in [7, 11) is 0. The molecule has 1 aliphatic carbocycles. The van der Waals surface area contributed by atoms with E-state index in [1.807, 2.05) is 12.1 Å². The molecule has 0 unspecified atom stereocenters. The van der Waals surface area contributed by atoms with Crippen LogP contribution in [0, 0.1) is 0 Å². The molecule has 0 atom stereocenters. The van der Waals surface area contributed by atoms with Crippen LogP contribution in [0.15, 0.2) is 34.5 Å². The van der Waals surface area contributed by atoms with Gasteiger partial charge < -0.3 is 5.32 Å². The summed E-state index contributed by atoms with van der Waals surface area (Å²) in [5.74, 6) is 0. The molecule has 0 saturated heterocycles. The van der Waals surface area contributed by atoms with Crippen molar-refractivity contribution in [1.29, 1.82) is 0 Å². The lowest BCUT2D eigenvalue weighted by Crippen LogP contribution is -2.16. The molecule has 0 amide bonds. The Bertz CT molecular complexity index is 388. The maximum atomic E-state index is 4.40. The molecule has 17 heavy (non-hydrogen) atoms. The first-order valence-corrected chi connectivity index (χ1v) is 7.14. The van der Waals surface area contributed by atoms with Gasteiger partial charge in [0.1, 0.15) is 4.60 Å². The highest BCUT2D eigenvalue weighted by atomic mass is 79.9. The van der Waals surface area contributed by atoms with Gasteiger partial charge in [-0.1, -0.05) is 17.7 Å². The van der Waals surface area contributed by atoms with Gasteiger partial charge in [0.2, 0.25) is 0 Å². The average Bonchev–Trinajstić information content (AvgIpc) is 2.36. The van der Waals surface area contributed by atoms with Gasteiger partial charge in [-0.25, -0.2) is 4.98 Å². The van der Waals surface area contributed by atoms with Crippen LogP contribution in [0.5, 0.6) is 0 Å². The van der Waals surface area contributed by atoms with E-state index in [4.69, 9.17) is 0 Å². The third-order valence-electron chi connectivity index (χ3n) is 3.09. The zero-order chi connectivity index (χ0) is 11.9. The van der Waals surface area contributed by atoms with Crippen LogP contribution in [0.3, 0.4) is 0 Å². The Morgan fingerprint density at radius 2 is 2.24 bits per heavy atom. The monoisotopic (exact) mass is 294 g/mol. The minimum Gasteiger partial charge on any atom is -0.311 e. The van der Waals surface area contributed by atoms with Gasteiger partial charge in [-0.3, -0.25) is 0 Å². The lowest BCUT2D eigenvalue weighted by atomic mass is 9.97. The number of rotatable bonds is 5. The molecule has 0 saturated carbocycles. The number of aromatic nitrogens is 1. The second-order valence-corrected chi connectivity index (χ2v) is 5.30. The summed E-state index contributed by atoms with van der Waals surface area (Å²) in [4.78, 5) is 4.40. The normalized spacial score (nSPS) is 15.7. The van der Waals surface area contributed by atoms with E-state index < -0.39 is 0 Å². The van der Waals surface area contributed by atoms with Gasteiger partial charge in [0.05, 0.1) is 5.69 Å². The summed E-state index contributed by atoms with van der Waals surface area (Å²) in [6.45, 7) is 1.91. The number of hydrogen-bond acceptors (Lipinski definition) is 2. The zero-order valence-electron chi connectivity index (χ0n) is 10.1. The second kappa shape index (κ2) is 6.92. The van der Waals surface area contributed by atoms with E-state index in [1.165, 1.54) is 32.1 Å². The minimum atomic E-state index is 0.854. The standard InChI is InChI=1S/C14H19BrN2/c15-14-8-4-7-13(17-14)11-16-10-9-12-5-2-1-3-6-12/h4-5,7-8,16H,1-3,6,9-11H2. The van der Waals surface area contributed by atoms with Crippen molar-refractivity contribution >= 4 is 15.9 Å². The Hall–Kier alpha value is -0.670. The fourth-order valence-corrected chi connectivity index (χ4v) is 2.53. The van der Waals surface area contributed by atoms with Crippen LogP contribution in [0.25, 0.3) is 0 Å². The summed E-state index contributed by atoms with van der Waals surface area (Å²) in [6, 6.07) is 6.03. The van der Waals surface area contributed by atoms with E-state index in [9.17, 15) is 0 Å². The SMILES string of the molecule is Brc1cccc(CNCCC2=CCCCC2)n1. The number of allylic oxidation sites excluding steroid dienone is 1. The van der Waals surface area contributed by atoms with E-state index in [2.05, 4.69) is 38.4 Å². The van der Waals surface area contributed by atoms with Crippen LogP contribution >= 0.6 is 15.9 Å². The molecule has 1 aliphatic rings. The molecule has 0 fully saturated rings. The number of nitrogens with one attached hydrogen (secondary N) is 1. The molecule has 1 heterocycles. The van der Waals surface area contributed by atoms with Crippen LogP contribution in [-0.4, -0.2) is 11.5 Å². The summed E-state index contributed by atoms with van der Waals surface area (Å²) >= 11 is 3.39. The first kappa shape index (κ1) is 12.8. The molecule has 1 aromatic heterocycles. The van der Waals surface area contributed by atoms with Crippen LogP contribution in [0.4, 0.5) is 0 Å². The van der Waals surface area contributed by atoms with Crippen molar-refractivity contribution in [2.75, 3.05) is 6.54 Å². The van der Waals surface area contributed by atoms with E-state index >= 15 is 0 Å². The highest BCUT2D eigenvalue weighted by molar-refractivity contribution is 9.10. The summed E-state index contributed by atoms with van der Waals surface area (Å²) in [5, 5.41) is 3.45. The van der Waals surface area contributed by atoms with Crippen LogP contribution < -0.4 is 5.32 Å². The number of halogens is 1. The molecule has 0 radical (unpaired) electrons. The molecule has 0 aliphatic heterocycles. The lowest BCUT2D eigenvalue weighted by Gasteiger charge is -2.12. The van der Waals surface area contributed by atoms with Gasteiger partial charge in [0, 0.05) is 6.54 Å². The maximum absolute atomic E-state index is 4.40. The van der Waals surface area contributed by atoms with Crippen molar-refractivity contribution in [2.24, 2.45) is 0 Å². The van der Waals surface area contributed by atoms with Crippen molar-refractivity contribution < 1.29 is 0 Å². The largest absolute Gasteiger partial charge is 0.311 e. The highest BCUT2D eigenvalue weighted by Crippen LogP contribution is 2.19. The molecule has 1 aromatic rings. The highest BCUT2D eigenvalue weighted by Gasteiger charge is 2.03.